The van der Waals surface area contributed by atoms with Crippen molar-refractivity contribution < 1.29 is 22.4 Å². The van der Waals surface area contributed by atoms with Crippen LogP contribution >= 0.6 is 0 Å². The Bertz CT molecular complexity index is 1230. The van der Waals surface area contributed by atoms with Crippen molar-refractivity contribution in [2.45, 2.75) is 32.4 Å². The molecular formula is C22H17F3N4O2. The predicted molar refractivity (Wildman–Crippen MR) is 105 cm³/mol. The molecule has 0 aliphatic carbocycles. The normalized spacial score (nSPS) is 16.3. The third kappa shape index (κ3) is 3.84. The molecule has 0 N–H and O–H groups in total. The van der Waals surface area contributed by atoms with E-state index in [-0.39, 0.29) is 23.4 Å². The number of alkyl halides is 3. The van der Waals surface area contributed by atoms with E-state index in [2.05, 4.69) is 15.2 Å². The molecule has 0 radical (unpaired) electrons. The Balaban J connectivity index is 1.39. The topological polar surface area (TPSA) is 66.0 Å². The van der Waals surface area contributed by atoms with Crippen LogP contribution < -0.4 is 0 Å². The van der Waals surface area contributed by atoms with E-state index in [0.29, 0.717) is 18.8 Å². The average molecular weight is 426 g/mol. The van der Waals surface area contributed by atoms with Gasteiger partial charge in [0, 0.05) is 5.56 Å². The molecule has 31 heavy (non-hydrogen) atoms. The molecule has 4 aromatic rings. The molecule has 9 heteroatoms. The fraction of sp³-hybridized carbons (Fsp3) is 0.227. The molecule has 0 bridgehead atoms. The molecule has 158 valence electrons. The molecule has 0 unspecified atom stereocenters. The van der Waals surface area contributed by atoms with E-state index >= 15 is 0 Å². The number of rotatable bonds is 3. The highest BCUT2D eigenvalue weighted by Gasteiger charge is 2.31. The predicted octanol–water partition coefficient (Wildman–Crippen LogP) is 5.20. The van der Waals surface area contributed by atoms with Gasteiger partial charge in [0.15, 0.2) is 5.69 Å². The fourth-order valence-corrected chi connectivity index (χ4v) is 3.49. The molecule has 6 nitrogen and oxygen atoms in total. The zero-order valence-electron chi connectivity index (χ0n) is 16.4. The minimum absolute atomic E-state index is 0.0702. The van der Waals surface area contributed by atoms with Crippen LogP contribution in [0.15, 0.2) is 59.1 Å². The Labute approximate surface area is 175 Å². The van der Waals surface area contributed by atoms with E-state index in [1.165, 1.54) is 17.7 Å². The second kappa shape index (κ2) is 7.35. The third-order valence-corrected chi connectivity index (χ3v) is 5.18. The van der Waals surface area contributed by atoms with Gasteiger partial charge in [0.1, 0.15) is 6.10 Å². The van der Waals surface area contributed by atoms with Crippen LogP contribution in [0, 0.1) is 6.92 Å². The van der Waals surface area contributed by atoms with Crippen LogP contribution in [0.4, 0.5) is 13.2 Å². The summed E-state index contributed by atoms with van der Waals surface area (Å²) in [5.74, 6) is 0.210. The summed E-state index contributed by atoms with van der Waals surface area (Å²) >= 11 is 0. The van der Waals surface area contributed by atoms with Crippen LogP contribution in [-0.4, -0.2) is 19.9 Å². The number of nitrogens with zero attached hydrogens (tertiary/aromatic N) is 4. The van der Waals surface area contributed by atoms with Gasteiger partial charge in [0.25, 0.3) is 5.89 Å². The summed E-state index contributed by atoms with van der Waals surface area (Å²) < 4.78 is 52.0. The number of ether oxygens (including phenoxy) is 1. The summed E-state index contributed by atoms with van der Waals surface area (Å²) in [4.78, 5) is 4.24. The van der Waals surface area contributed by atoms with Gasteiger partial charge in [-0.2, -0.15) is 23.3 Å². The Hall–Kier alpha value is -3.46. The monoisotopic (exact) mass is 426 g/mol. The Morgan fingerprint density at radius 2 is 1.87 bits per heavy atom. The van der Waals surface area contributed by atoms with Crippen molar-refractivity contribution in [1.29, 1.82) is 0 Å². The first-order valence-corrected chi connectivity index (χ1v) is 9.63. The zero-order chi connectivity index (χ0) is 21.6. The molecule has 5 rings (SSSR count). The molecule has 0 spiro atoms. The van der Waals surface area contributed by atoms with E-state index < -0.39 is 11.7 Å². The van der Waals surface area contributed by atoms with Crippen LogP contribution in [-0.2, 0) is 24.1 Å². The quantitative estimate of drug-likeness (QED) is 0.451. The summed E-state index contributed by atoms with van der Waals surface area (Å²) in [6.45, 7) is 2.94. The van der Waals surface area contributed by atoms with Crippen molar-refractivity contribution in [3.8, 4) is 23.0 Å². The molecular weight excluding hydrogens is 409 g/mol. The molecule has 0 fully saturated rings. The molecule has 0 amide bonds. The zero-order valence-corrected chi connectivity index (χ0v) is 16.4. The van der Waals surface area contributed by atoms with Gasteiger partial charge in [-0.1, -0.05) is 47.1 Å². The summed E-state index contributed by atoms with van der Waals surface area (Å²) in [6, 6.07) is 14.7. The summed E-state index contributed by atoms with van der Waals surface area (Å²) in [7, 11) is 0. The van der Waals surface area contributed by atoms with Crippen LogP contribution in [0.3, 0.4) is 0 Å². The number of hydrogen-bond donors (Lipinski definition) is 0. The highest BCUT2D eigenvalue weighted by Crippen LogP contribution is 2.33. The maximum atomic E-state index is 13.0. The molecule has 2 aromatic heterocycles. The molecule has 1 aliphatic heterocycles. The summed E-state index contributed by atoms with van der Waals surface area (Å²) in [5.41, 5.74) is 3.00. The average Bonchev–Trinajstić information content (AvgIpc) is 3.40. The maximum Gasteiger partial charge on any atom is 0.416 e. The van der Waals surface area contributed by atoms with Crippen LogP contribution in [0.25, 0.3) is 23.0 Å². The van der Waals surface area contributed by atoms with Gasteiger partial charge in [-0.05, 0) is 30.7 Å². The summed E-state index contributed by atoms with van der Waals surface area (Å²) in [6.07, 6.45) is -4.57. The highest BCUT2D eigenvalue weighted by atomic mass is 19.4. The van der Waals surface area contributed by atoms with Gasteiger partial charge in [0.05, 0.1) is 24.4 Å². The van der Waals surface area contributed by atoms with Crippen molar-refractivity contribution in [2.75, 3.05) is 0 Å². The van der Waals surface area contributed by atoms with Gasteiger partial charge < -0.3 is 9.26 Å². The lowest BCUT2D eigenvalue weighted by Gasteiger charge is -2.24. The largest absolute Gasteiger partial charge is 0.416 e. The van der Waals surface area contributed by atoms with Crippen LogP contribution in [0.1, 0.15) is 28.5 Å². The number of fused-ring (bicyclic) bond motifs is 1. The van der Waals surface area contributed by atoms with Crippen LogP contribution in [0.5, 0.6) is 0 Å². The highest BCUT2D eigenvalue weighted by molar-refractivity contribution is 5.59. The molecule has 0 saturated carbocycles. The minimum atomic E-state index is -4.44. The fourth-order valence-electron chi connectivity index (χ4n) is 3.49. The molecule has 1 atom stereocenters. The lowest BCUT2D eigenvalue weighted by molar-refractivity contribution is -0.137. The van der Waals surface area contributed by atoms with E-state index in [4.69, 9.17) is 9.26 Å². The van der Waals surface area contributed by atoms with Gasteiger partial charge in [-0.3, -0.25) is 4.68 Å². The van der Waals surface area contributed by atoms with Crippen molar-refractivity contribution in [3.05, 3.63) is 77.0 Å². The number of benzene rings is 2. The van der Waals surface area contributed by atoms with Gasteiger partial charge >= 0.3 is 6.18 Å². The lowest BCUT2D eigenvalue weighted by Crippen LogP contribution is -2.21. The van der Waals surface area contributed by atoms with Crippen molar-refractivity contribution >= 4 is 0 Å². The number of halogens is 3. The van der Waals surface area contributed by atoms with E-state index in [1.54, 1.807) is 6.07 Å². The first-order valence-electron chi connectivity index (χ1n) is 9.63. The minimum Gasteiger partial charge on any atom is -0.365 e. The van der Waals surface area contributed by atoms with E-state index in [1.807, 2.05) is 35.9 Å². The second-order valence-electron chi connectivity index (χ2n) is 7.42. The summed E-state index contributed by atoms with van der Waals surface area (Å²) in [5, 5.41) is 8.37. The lowest BCUT2D eigenvalue weighted by atomic mass is 10.1. The van der Waals surface area contributed by atoms with Gasteiger partial charge in [-0.15, -0.1) is 0 Å². The molecule has 0 saturated heterocycles. The maximum absolute atomic E-state index is 13.0. The number of aryl methyl sites for hydroxylation is 1. The number of hydrogen-bond acceptors (Lipinski definition) is 5. The third-order valence-electron chi connectivity index (χ3n) is 5.18. The Morgan fingerprint density at radius 3 is 2.65 bits per heavy atom. The Morgan fingerprint density at radius 1 is 1.06 bits per heavy atom. The SMILES string of the molecule is Cc1ccc([C@@H]2Cn3nc(-c4nc(-c5cccc(C(F)(F)F)c5)no4)cc3CO2)cc1. The Kier molecular flexibility index (Phi) is 4.62. The van der Waals surface area contributed by atoms with Gasteiger partial charge in [-0.25, -0.2) is 0 Å². The standard InChI is InChI=1S/C22H17F3N4O2/c1-13-5-7-14(8-6-13)19-11-29-17(12-30-19)10-18(27-29)21-26-20(28-31-21)15-3-2-4-16(9-15)22(23,24)25/h2-10,19H,11-12H2,1H3/t19-/m0/s1. The van der Waals surface area contributed by atoms with E-state index in [0.717, 1.165) is 23.4 Å². The second-order valence-corrected chi connectivity index (χ2v) is 7.42. The smallest absolute Gasteiger partial charge is 0.365 e. The van der Waals surface area contributed by atoms with Crippen molar-refractivity contribution in [1.82, 2.24) is 19.9 Å². The molecule has 3 heterocycles. The van der Waals surface area contributed by atoms with Crippen LogP contribution in [0.2, 0.25) is 0 Å². The van der Waals surface area contributed by atoms with Gasteiger partial charge in [0.2, 0.25) is 5.82 Å². The first kappa shape index (κ1) is 19.5. The first-order chi connectivity index (χ1) is 14.9. The molecule has 1 aliphatic rings. The van der Waals surface area contributed by atoms with Crippen molar-refractivity contribution in [3.63, 3.8) is 0 Å². The molecule has 2 aromatic carbocycles. The van der Waals surface area contributed by atoms with Crippen molar-refractivity contribution in [2.24, 2.45) is 0 Å². The number of aromatic nitrogens is 4. The van der Waals surface area contributed by atoms with E-state index in [9.17, 15) is 13.2 Å².